The molecule has 0 saturated heterocycles. The Hall–Kier alpha value is -2.58. The summed E-state index contributed by atoms with van der Waals surface area (Å²) in [5, 5.41) is 17.9. The van der Waals surface area contributed by atoms with Crippen LogP contribution in [0.25, 0.3) is 0 Å². The van der Waals surface area contributed by atoms with E-state index in [9.17, 15) is 4.39 Å². The lowest BCUT2D eigenvalue weighted by molar-refractivity contribution is 0.276. The van der Waals surface area contributed by atoms with E-state index in [0.29, 0.717) is 22.6 Å². The first-order valence-electron chi connectivity index (χ1n) is 6.26. The second-order valence-corrected chi connectivity index (χ2v) is 4.39. The van der Waals surface area contributed by atoms with Gasteiger partial charge in [-0.25, -0.2) is 4.39 Å². The SMILES string of the molecule is COc1cc(COc2cc(F)cc(CO)c2)ccc1C#N. The minimum Gasteiger partial charge on any atom is -0.495 e. The van der Waals surface area contributed by atoms with E-state index in [1.165, 1.54) is 19.2 Å². The molecule has 0 atom stereocenters. The van der Waals surface area contributed by atoms with Crippen molar-refractivity contribution in [2.24, 2.45) is 0 Å². The molecule has 1 N–H and O–H groups in total. The second kappa shape index (κ2) is 6.73. The van der Waals surface area contributed by atoms with Gasteiger partial charge in [0, 0.05) is 6.07 Å². The van der Waals surface area contributed by atoms with Gasteiger partial charge in [-0.3, -0.25) is 0 Å². The van der Waals surface area contributed by atoms with Gasteiger partial charge in [0.15, 0.2) is 0 Å². The number of nitriles is 1. The highest BCUT2D eigenvalue weighted by atomic mass is 19.1. The highest BCUT2D eigenvalue weighted by Gasteiger charge is 2.06. The third-order valence-electron chi connectivity index (χ3n) is 2.91. The number of ether oxygens (including phenoxy) is 2. The summed E-state index contributed by atoms with van der Waals surface area (Å²) in [4.78, 5) is 0. The van der Waals surface area contributed by atoms with Crippen molar-refractivity contribution in [2.75, 3.05) is 7.11 Å². The molecule has 0 aliphatic rings. The van der Waals surface area contributed by atoms with Crippen molar-refractivity contribution in [1.82, 2.24) is 0 Å². The van der Waals surface area contributed by atoms with E-state index >= 15 is 0 Å². The van der Waals surface area contributed by atoms with Gasteiger partial charge < -0.3 is 14.6 Å². The standard InChI is InChI=1S/C16H14FNO3/c1-20-16-6-11(2-3-13(16)8-18)10-21-15-5-12(9-19)4-14(17)7-15/h2-7,19H,9-10H2,1H3. The number of aliphatic hydroxyl groups is 1. The summed E-state index contributed by atoms with van der Waals surface area (Å²) in [6.07, 6.45) is 0. The van der Waals surface area contributed by atoms with E-state index in [-0.39, 0.29) is 13.2 Å². The van der Waals surface area contributed by atoms with Gasteiger partial charge in [-0.15, -0.1) is 0 Å². The maximum absolute atomic E-state index is 13.3. The fourth-order valence-electron chi connectivity index (χ4n) is 1.88. The van der Waals surface area contributed by atoms with Crippen LogP contribution >= 0.6 is 0 Å². The van der Waals surface area contributed by atoms with Crippen LogP contribution in [0.3, 0.4) is 0 Å². The molecule has 0 amide bonds. The molecule has 0 aliphatic carbocycles. The summed E-state index contributed by atoms with van der Waals surface area (Å²) in [6.45, 7) is -0.0464. The number of aliphatic hydroxyl groups excluding tert-OH is 1. The molecule has 0 heterocycles. The maximum Gasteiger partial charge on any atom is 0.137 e. The molecule has 21 heavy (non-hydrogen) atoms. The number of hydrogen-bond donors (Lipinski definition) is 1. The quantitative estimate of drug-likeness (QED) is 0.918. The molecule has 108 valence electrons. The lowest BCUT2D eigenvalue weighted by Crippen LogP contribution is -1.98. The van der Waals surface area contributed by atoms with Crippen molar-refractivity contribution in [2.45, 2.75) is 13.2 Å². The maximum atomic E-state index is 13.3. The van der Waals surface area contributed by atoms with Gasteiger partial charge in [-0.1, -0.05) is 6.07 Å². The lowest BCUT2D eigenvalue weighted by Gasteiger charge is -2.10. The largest absolute Gasteiger partial charge is 0.495 e. The molecule has 0 aliphatic heterocycles. The summed E-state index contributed by atoms with van der Waals surface area (Å²) in [5.74, 6) is 0.338. The molecule has 0 bridgehead atoms. The molecule has 2 aromatic carbocycles. The fraction of sp³-hybridized carbons (Fsp3) is 0.188. The summed E-state index contributed by atoms with van der Waals surface area (Å²) in [5.41, 5.74) is 1.68. The Morgan fingerprint density at radius 3 is 2.67 bits per heavy atom. The van der Waals surface area contributed by atoms with Crippen LogP contribution in [0.1, 0.15) is 16.7 Å². The van der Waals surface area contributed by atoms with Crippen LogP contribution in [0.5, 0.6) is 11.5 Å². The van der Waals surface area contributed by atoms with Gasteiger partial charge in [-0.2, -0.15) is 5.26 Å². The number of halogens is 1. The molecule has 0 aromatic heterocycles. The van der Waals surface area contributed by atoms with Crippen LogP contribution < -0.4 is 9.47 Å². The topological polar surface area (TPSA) is 62.5 Å². The first kappa shape index (κ1) is 14.8. The van der Waals surface area contributed by atoms with Gasteiger partial charge in [0.05, 0.1) is 19.3 Å². The van der Waals surface area contributed by atoms with Gasteiger partial charge in [0.2, 0.25) is 0 Å². The van der Waals surface area contributed by atoms with Gasteiger partial charge in [-0.05, 0) is 35.4 Å². The summed E-state index contributed by atoms with van der Waals surface area (Å²) < 4.78 is 23.9. The monoisotopic (exact) mass is 287 g/mol. The molecule has 4 nitrogen and oxygen atoms in total. The number of benzene rings is 2. The van der Waals surface area contributed by atoms with Crippen LogP contribution in [-0.4, -0.2) is 12.2 Å². The van der Waals surface area contributed by atoms with Crippen molar-refractivity contribution in [3.8, 4) is 17.6 Å². The average Bonchev–Trinajstić information content (AvgIpc) is 2.52. The van der Waals surface area contributed by atoms with E-state index in [4.69, 9.17) is 19.8 Å². The third-order valence-corrected chi connectivity index (χ3v) is 2.91. The Labute approximate surface area is 122 Å². The van der Waals surface area contributed by atoms with Gasteiger partial charge in [0.1, 0.15) is 30.0 Å². The Kier molecular flexibility index (Phi) is 4.75. The molecule has 0 radical (unpaired) electrons. The predicted octanol–water partition coefficient (Wildman–Crippen LogP) is 2.78. The van der Waals surface area contributed by atoms with Crippen LogP contribution in [-0.2, 0) is 13.2 Å². The van der Waals surface area contributed by atoms with Crippen molar-refractivity contribution < 1.29 is 19.0 Å². The molecule has 0 spiro atoms. The van der Waals surface area contributed by atoms with Crippen LogP contribution in [0.2, 0.25) is 0 Å². The zero-order valence-electron chi connectivity index (χ0n) is 11.5. The Balaban J connectivity index is 2.13. The van der Waals surface area contributed by atoms with E-state index < -0.39 is 5.82 Å². The van der Waals surface area contributed by atoms with Crippen molar-refractivity contribution in [3.63, 3.8) is 0 Å². The predicted molar refractivity (Wildman–Crippen MR) is 74.4 cm³/mol. The van der Waals surface area contributed by atoms with Gasteiger partial charge >= 0.3 is 0 Å². The van der Waals surface area contributed by atoms with Crippen molar-refractivity contribution >= 4 is 0 Å². The normalized spacial score (nSPS) is 10.0. The minimum absolute atomic E-state index is 0.205. The molecule has 0 unspecified atom stereocenters. The fourth-order valence-corrected chi connectivity index (χ4v) is 1.88. The number of hydrogen-bond acceptors (Lipinski definition) is 4. The molecule has 0 fully saturated rings. The summed E-state index contributed by atoms with van der Waals surface area (Å²) in [7, 11) is 1.49. The zero-order valence-corrected chi connectivity index (χ0v) is 11.5. The number of methoxy groups -OCH3 is 1. The van der Waals surface area contributed by atoms with Crippen molar-refractivity contribution in [1.29, 1.82) is 5.26 Å². The molecule has 0 saturated carbocycles. The smallest absolute Gasteiger partial charge is 0.137 e. The highest BCUT2D eigenvalue weighted by molar-refractivity contribution is 5.45. The van der Waals surface area contributed by atoms with Crippen molar-refractivity contribution in [3.05, 3.63) is 58.9 Å². The number of rotatable bonds is 5. The molecule has 2 rings (SSSR count). The Morgan fingerprint density at radius 1 is 1.19 bits per heavy atom. The molecule has 5 heteroatoms. The Morgan fingerprint density at radius 2 is 2.00 bits per heavy atom. The zero-order chi connectivity index (χ0) is 15.2. The van der Waals surface area contributed by atoms with E-state index in [0.717, 1.165) is 5.56 Å². The van der Waals surface area contributed by atoms with E-state index in [1.807, 2.05) is 6.07 Å². The van der Waals surface area contributed by atoms with E-state index in [2.05, 4.69) is 0 Å². The molecule has 2 aromatic rings. The second-order valence-electron chi connectivity index (χ2n) is 4.39. The minimum atomic E-state index is -0.464. The third kappa shape index (κ3) is 3.71. The van der Waals surface area contributed by atoms with Crippen LogP contribution in [0.4, 0.5) is 4.39 Å². The first-order valence-corrected chi connectivity index (χ1v) is 6.26. The number of nitrogens with zero attached hydrogens (tertiary/aromatic N) is 1. The average molecular weight is 287 g/mol. The van der Waals surface area contributed by atoms with E-state index in [1.54, 1.807) is 24.3 Å². The summed E-state index contributed by atoms with van der Waals surface area (Å²) >= 11 is 0. The van der Waals surface area contributed by atoms with Crippen LogP contribution in [0.15, 0.2) is 36.4 Å². The first-order chi connectivity index (χ1) is 10.2. The molecular weight excluding hydrogens is 273 g/mol. The highest BCUT2D eigenvalue weighted by Crippen LogP contribution is 2.22. The Bertz CT molecular complexity index is 680. The lowest BCUT2D eigenvalue weighted by atomic mass is 10.1. The van der Waals surface area contributed by atoms with Gasteiger partial charge in [0.25, 0.3) is 0 Å². The van der Waals surface area contributed by atoms with Crippen LogP contribution in [0, 0.1) is 17.1 Å². The summed E-state index contributed by atoms with van der Waals surface area (Å²) in [6, 6.07) is 11.2. The molecular formula is C16H14FNO3.